The first kappa shape index (κ1) is 16.1. The number of aromatic nitrogens is 1. The van der Waals surface area contributed by atoms with E-state index in [1.807, 2.05) is 24.3 Å². The molecule has 1 unspecified atom stereocenters. The van der Waals surface area contributed by atoms with Gasteiger partial charge >= 0.3 is 0 Å². The minimum absolute atomic E-state index is 0.185. The molecule has 1 atom stereocenters. The molecule has 7 heteroatoms. The molecule has 2 saturated heterocycles. The molecule has 0 amide bonds. The molecule has 0 saturated carbocycles. The van der Waals surface area contributed by atoms with Crippen LogP contribution in [0.4, 0.5) is 5.82 Å². The molecule has 24 heavy (non-hydrogen) atoms. The predicted molar refractivity (Wildman–Crippen MR) is 97.6 cm³/mol. The topological polar surface area (TPSA) is 53.5 Å². The van der Waals surface area contributed by atoms with Crippen molar-refractivity contribution in [1.82, 2.24) is 9.88 Å². The van der Waals surface area contributed by atoms with Crippen LogP contribution >= 0.6 is 11.6 Å². The average molecular weight is 366 g/mol. The van der Waals surface area contributed by atoms with Gasteiger partial charge in [0, 0.05) is 37.6 Å². The molecule has 5 nitrogen and oxygen atoms in total. The molecule has 2 aliphatic heterocycles. The predicted octanol–water partition coefficient (Wildman–Crippen LogP) is 2.20. The molecule has 0 spiro atoms. The highest BCUT2D eigenvalue weighted by atomic mass is 35.5. The molecule has 0 radical (unpaired) electrons. The Morgan fingerprint density at radius 1 is 1.12 bits per heavy atom. The zero-order valence-electron chi connectivity index (χ0n) is 13.4. The maximum absolute atomic E-state index is 11.7. The lowest BCUT2D eigenvalue weighted by atomic mass is 10.1. The lowest BCUT2D eigenvalue weighted by molar-refractivity contribution is 0.200. The highest BCUT2D eigenvalue weighted by Gasteiger charge is 2.33. The molecule has 4 rings (SSSR count). The summed E-state index contributed by atoms with van der Waals surface area (Å²) in [5.74, 6) is 1.55. The van der Waals surface area contributed by atoms with Gasteiger partial charge in [0.15, 0.2) is 9.84 Å². The van der Waals surface area contributed by atoms with Gasteiger partial charge in [0.1, 0.15) is 11.0 Å². The van der Waals surface area contributed by atoms with Gasteiger partial charge in [0.05, 0.1) is 11.5 Å². The van der Waals surface area contributed by atoms with Crippen LogP contribution in [0.25, 0.3) is 10.8 Å². The number of benzene rings is 1. The molecule has 2 aromatic rings. The summed E-state index contributed by atoms with van der Waals surface area (Å²) in [4.78, 5) is 9.09. The van der Waals surface area contributed by atoms with Crippen LogP contribution in [0.5, 0.6) is 0 Å². The fourth-order valence-corrected chi connectivity index (χ4v) is 5.70. The summed E-state index contributed by atoms with van der Waals surface area (Å²) in [7, 11) is -2.83. The standard InChI is InChI=1S/C17H20ClN3O2S/c18-17-15-4-2-1-3-13(15)11-16(19-17)21-8-6-20(7-9-21)14-5-10-24(22,23)12-14/h1-4,11,14H,5-10,12H2. The second-order valence-corrected chi connectivity index (χ2v) is 9.16. The number of anilines is 1. The van der Waals surface area contributed by atoms with E-state index in [9.17, 15) is 8.42 Å². The van der Waals surface area contributed by atoms with Crippen molar-refractivity contribution in [2.75, 3.05) is 42.6 Å². The molecule has 0 bridgehead atoms. The summed E-state index contributed by atoms with van der Waals surface area (Å²) < 4.78 is 23.3. The van der Waals surface area contributed by atoms with Crippen LogP contribution in [0.15, 0.2) is 30.3 Å². The third-order valence-corrected chi connectivity index (χ3v) is 7.08. The van der Waals surface area contributed by atoms with Crippen LogP contribution in [0.1, 0.15) is 6.42 Å². The number of hydrogen-bond donors (Lipinski definition) is 0. The number of halogens is 1. The Balaban J connectivity index is 1.48. The van der Waals surface area contributed by atoms with Gasteiger partial charge < -0.3 is 4.90 Å². The molecule has 128 valence electrons. The van der Waals surface area contributed by atoms with Crippen LogP contribution < -0.4 is 4.90 Å². The maximum Gasteiger partial charge on any atom is 0.151 e. The van der Waals surface area contributed by atoms with Crippen LogP contribution in [0, 0.1) is 0 Å². The van der Waals surface area contributed by atoms with Crippen molar-refractivity contribution in [3.05, 3.63) is 35.5 Å². The lowest BCUT2D eigenvalue weighted by Crippen LogP contribution is -2.51. The van der Waals surface area contributed by atoms with Crippen molar-refractivity contribution < 1.29 is 8.42 Å². The third-order valence-electron chi connectivity index (χ3n) is 5.04. The first-order valence-electron chi connectivity index (χ1n) is 8.26. The van der Waals surface area contributed by atoms with Crippen LogP contribution in [0.3, 0.4) is 0 Å². The molecule has 0 aliphatic carbocycles. The van der Waals surface area contributed by atoms with Crippen LogP contribution in [-0.4, -0.2) is 62.0 Å². The second-order valence-electron chi connectivity index (χ2n) is 6.57. The van der Waals surface area contributed by atoms with Crippen LogP contribution in [0.2, 0.25) is 5.15 Å². The van der Waals surface area contributed by atoms with Gasteiger partial charge in [-0.25, -0.2) is 13.4 Å². The van der Waals surface area contributed by atoms with Crippen molar-refractivity contribution in [3.8, 4) is 0 Å². The minimum Gasteiger partial charge on any atom is -0.354 e. The number of sulfone groups is 1. The monoisotopic (exact) mass is 365 g/mol. The number of piperazine rings is 1. The average Bonchev–Trinajstić information content (AvgIpc) is 2.95. The Morgan fingerprint density at radius 2 is 1.88 bits per heavy atom. The molecule has 2 aliphatic rings. The number of hydrogen-bond acceptors (Lipinski definition) is 5. The van der Waals surface area contributed by atoms with Crippen molar-refractivity contribution in [2.24, 2.45) is 0 Å². The quantitative estimate of drug-likeness (QED) is 0.764. The first-order chi connectivity index (χ1) is 11.5. The Labute approximate surface area is 147 Å². The summed E-state index contributed by atoms with van der Waals surface area (Å²) in [6.45, 7) is 3.43. The Bertz CT molecular complexity index is 863. The van der Waals surface area contributed by atoms with Crippen molar-refractivity contribution in [3.63, 3.8) is 0 Å². The minimum atomic E-state index is -2.83. The number of pyridine rings is 1. The van der Waals surface area contributed by atoms with E-state index in [1.165, 1.54) is 0 Å². The molecule has 0 N–H and O–H groups in total. The van der Waals surface area contributed by atoms with Gasteiger partial charge in [-0.1, -0.05) is 35.9 Å². The normalized spacial score (nSPS) is 24.5. The van der Waals surface area contributed by atoms with E-state index >= 15 is 0 Å². The molecular weight excluding hydrogens is 346 g/mol. The fraction of sp³-hybridized carbons (Fsp3) is 0.471. The Kier molecular flexibility index (Phi) is 4.14. The van der Waals surface area contributed by atoms with Gasteiger partial charge in [0.2, 0.25) is 0 Å². The van der Waals surface area contributed by atoms with E-state index in [0.29, 0.717) is 16.7 Å². The number of rotatable bonds is 2. The van der Waals surface area contributed by atoms with Gasteiger partial charge in [0.25, 0.3) is 0 Å². The van der Waals surface area contributed by atoms with E-state index in [0.717, 1.165) is 49.2 Å². The van der Waals surface area contributed by atoms with Crippen LogP contribution in [-0.2, 0) is 9.84 Å². The maximum atomic E-state index is 11.7. The molecule has 3 heterocycles. The largest absolute Gasteiger partial charge is 0.354 e. The number of fused-ring (bicyclic) bond motifs is 1. The molecular formula is C17H20ClN3O2S. The highest BCUT2D eigenvalue weighted by Crippen LogP contribution is 2.27. The van der Waals surface area contributed by atoms with E-state index < -0.39 is 9.84 Å². The highest BCUT2D eigenvalue weighted by molar-refractivity contribution is 7.91. The fourth-order valence-electron chi connectivity index (χ4n) is 3.68. The van der Waals surface area contributed by atoms with Gasteiger partial charge in [-0.05, 0) is 17.9 Å². The second kappa shape index (κ2) is 6.17. The van der Waals surface area contributed by atoms with E-state index in [-0.39, 0.29) is 6.04 Å². The summed E-state index contributed by atoms with van der Waals surface area (Å²) in [5, 5.41) is 2.60. The van der Waals surface area contributed by atoms with Crippen molar-refractivity contribution in [2.45, 2.75) is 12.5 Å². The smallest absolute Gasteiger partial charge is 0.151 e. The lowest BCUT2D eigenvalue weighted by Gasteiger charge is -2.38. The summed E-state index contributed by atoms with van der Waals surface area (Å²) in [6, 6.07) is 10.3. The SMILES string of the molecule is O=S1(=O)CCC(N2CCN(c3cc4ccccc4c(Cl)n3)CC2)C1. The summed E-state index contributed by atoms with van der Waals surface area (Å²) in [5.41, 5.74) is 0. The van der Waals surface area contributed by atoms with E-state index in [2.05, 4.69) is 20.9 Å². The van der Waals surface area contributed by atoms with Gasteiger partial charge in [-0.3, -0.25) is 4.90 Å². The molecule has 1 aromatic heterocycles. The van der Waals surface area contributed by atoms with Gasteiger partial charge in [-0.2, -0.15) is 0 Å². The number of nitrogens with zero attached hydrogens (tertiary/aromatic N) is 3. The Hall–Kier alpha value is -1.37. The van der Waals surface area contributed by atoms with E-state index in [4.69, 9.17) is 11.6 Å². The summed E-state index contributed by atoms with van der Waals surface area (Å²) in [6.07, 6.45) is 0.766. The molecule has 1 aromatic carbocycles. The van der Waals surface area contributed by atoms with E-state index in [1.54, 1.807) is 0 Å². The third kappa shape index (κ3) is 3.10. The van der Waals surface area contributed by atoms with Gasteiger partial charge in [-0.15, -0.1) is 0 Å². The molecule has 2 fully saturated rings. The first-order valence-corrected chi connectivity index (χ1v) is 10.5. The van der Waals surface area contributed by atoms with Crippen molar-refractivity contribution in [1.29, 1.82) is 0 Å². The van der Waals surface area contributed by atoms with Crippen molar-refractivity contribution >= 4 is 38.0 Å². The zero-order chi connectivity index (χ0) is 16.7. The Morgan fingerprint density at radius 3 is 2.58 bits per heavy atom. The zero-order valence-corrected chi connectivity index (χ0v) is 14.9. The summed E-state index contributed by atoms with van der Waals surface area (Å²) >= 11 is 6.33.